The van der Waals surface area contributed by atoms with E-state index in [2.05, 4.69) is 0 Å². The Morgan fingerprint density at radius 2 is 1.60 bits per heavy atom. The normalized spacial score (nSPS) is 16.7. The van der Waals surface area contributed by atoms with E-state index < -0.39 is 32.1 Å². The number of sulfone groups is 1. The maximum absolute atomic E-state index is 12.8. The van der Waals surface area contributed by atoms with E-state index >= 15 is 0 Å². The minimum Gasteiger partial charge on any atom is -0.443 e. The van der Waals surface area contributed by atoms with E-state index in [1.165, 1.54) is 40.5 Å². The summed E-state index contributed by atoms with van der Waals surface area (Å²) < 4.78 is 55.5. The molecule has 1 fully saturated rings. The quantitative estimate of drug-likeness (QED) is 0.345. The Hall–Kier alpha value is -3.00. The summed E-state index contributed by atoms with van der Waals surface area (Å²) in [5.41, 5.74) is 6.66. The van der Waals surface area contributed by atoms with Crippen molar-refractivity contribution in [1.29, 1.82) is 5.41 Å². The van der Waals surface area contributed by atoms with Crippen molar-refractivity contribution in [2.75, 3.05) is 51.4 Å². The Morgan fingerprint density at radius 3 is 2.14 bits per heavy atom. The lowest BCUT2D eigenvalue weighted by Crippen LogP contribution is -2.38. The lowest BCUT2D eigenvalue weighted by Gasteiger charge is -2.23. The van der Waals surface area contributed by atoms with Gasteiger partial charge < -0.3 is 15.4 Å². The van der Waals surface area contributed by atoms with Gasteiger partial charge in [0.25, 0.3) is 0 Å². The molecule has 0 spiro atoms. The van der Waals surface area contributed by atoms with Crippen LogP contribution in [0.2, 0.25) is 0 Å². The summed E-state index contributed by atoms with van der Waals surface area (Å²) in [6, 6.07) is 11.8. The number of amides is 1. The predicted octanol–water partition coefficient (Wildman–Crippen LogP) is 0.952. The van der Waals surface area contributed by atoms with Crippen LogP contribution in [0.25, 0.3) is 0 Å². The van der Waals surface area contributed by atoms with Crippen LogP contribution in [0.3, 0.4) is 0 Å². The number of nitrogens with one attached hydrogen (secondary N) is 1. The molecule has 1 aliphatic heterocycles. The number of carbonyl (C=O) groups excluding carboxylic acids is 1. The molecule has 1 atom stereocenters. The van der Waals surface area contributed by atoms with Crippen molar-refractivity contribution in [3.05, 3.63) is 54.1 Å². The second-order valence-electron chi connectivity index (χ2n) is 8.41. The fraction of sp³-hybridized carbons (Fsp3) is 0.364. The summed E-state index contributed by atoms with van der Waals surface area (Å²) in [5, 5.41) is 7.46. The van der Waals surface area contributed by atoms with Crippen molar-refractivity contribution in [3.8, 4) is 0 Å². The smallest absolute Gasteiger partial charge is 0.414 e. The highest BCUT2D eigenvalue weighted by Gasteiger charge is 2.33. The molecule has 0 radical (unpaired) electrons. The second-order valence-corrected chi connectivity index (χ2v) is 12.5. The van der Waals surface area contributed by atoms with E-state index in [0.717, 1.165) is 6.26 Å². The topological polar surface area (TPSA) is 154 Å². The van der Waals surface area contributed by atoms with Gasteiger partial charge in [-0.05, 0) is 55.6 Å². The average Bonchev–Trinajstić information content (AvgIpc) is 3.16. The molecule has 35 heavy (non-hydrogen) atoms. The largest absolute Gasteiger partial charge is 0.443 e. The van der Waals surface area contributed by atoms with Crippen LogP contribution in [0.15, 0.2) is 58.3 Å². The van der Waals surface area contributed by atoms with Gasteiger partial charge in [0, 0.05) is 44.2 Å². The van der Waals surface area contributed by atoms with Crippen LogP contribution in [0, 0.1) is 5.41 Å². The Balaban J connectivity index is 1.54. The van der Waals surface area contributed by atoms with Gasteiger partial charge in [0.1, 0.15) is 11.9 Å². The number of anilines is 1. The molecule has 1 saturated heterocycles. The molecule has 13 heteroatoms. The minimum absolute atomic E-state index is 0.00575. The van der Waals surface area contributed by atoms with Crippen LogP contribution < -0.4 is 10.6 Å². The van der Waals surface area contributed by atoms with Gasteiger partial charge >= 0.3 is 6.09 Å². The molecule has 0 saturated carbocycles. The molecule has 0 aromatic heterocycles. The molecule has 0 bridgehead atoms. The number of likely N-dealkylation sites (N-methyl/N-ethyl adjacent to an activating group) is 2. The van der Waals surface area contributed by atoms with Crippen molar-refractivity contribution < 1.29 is 26.4 Å². The minimum atomic E-state index is -3.79. The molecule has 3 N–H and O–H groups in total. The molecule has 1 aliphatic rings. The number of sulfonamides is 1. The van der Waals surface area contributed by atoms with Gasteiger partial charge in [-0.2, -0.15) is 4.31 Å². The molecule has 0 aliphatic carbocycles. The first-order valence-corrected chi connectivity index (χ1v) is 14.0. The number of benzene rings is 2. The number of hydrogen-bond donors (Lipinski definition) is 2. The van der Waals surface area contributed by atoms with E-state index in [9.17, 15) is 21.6 Å². The number of nitrogen functional groups attached to an aromatic ring is 1. The zero-order valence-electron chi connectivity index (χ0n) is 19.7. The Bertz CT molecular complexity index is 1290. The number of carbonyl (C=O) groups is 1. The monoisotopic (exact) mass is 523 g/mol. The SMILES string of the molecule is CN(CCN(C)S(=O)(=O)c1ccc(S(C)(=O)=O)cc1)CC1CN(c2ccc(C(=N)N)cc2)C(=O)O1. The van der Waals surface area contributed by atoms with Crippen LogP contribution in [0.4, 0.5) is 10.5 Å². The summed E-state index contributed by atoms with van der Waals surface area (Å²) in [6.45, 7) is 1.32. The summed E-state index contributed by atoms with van der Waals surface area (Å²) in [6.07, 6.45) is 0.186. The number of ether oxygens (including phenoxy) is 1. The maximum atomic E-state index is 12.8. The average molecular weight is 524 g/mol. The first kappa shape index (κ1) is 26.6. The first-order valence-electron chi connectivity index (χ1n) is 10.7. The van der Waals surface area contributed by atoms with Crippen LogP contribution in [-0.2, 0) is 24.6 Å². The van der Waals surface area contributed by atoms with Gasteiger partial charge in [-0.25, -0.2) is 21.6 Å². The van der Waals surface area contributed by atoms with E-state index in [4.69, 9.17) is 15.9 Å². The number of rotatable bonds is 10. The fourth-order valence-electron chi connectivity index (χ4n) is 3.56. The standard InChI is InChI=1S/C22H29N5O6S2/c1-25(12-13-26(2)35(31,32)20-10-8-19(9-11-20)34(3,29)30)14-18-15-27(22(28)33-18)17-6-4-16(5-7-17)21(23)24/h4-11,18H,12-15H2,1-3H3,(H3,23,24). The van der Waals surface area contributed by atoms with E-state index in [1.807, 2.05) is 4.90 Å². The third-order valence-corrected chi connectivity index (χ3v) is 8.64. The molecular formula is C22H29N5O6S2. The van der Waals surface area contributed by atoms with Crippen LogP contribution >= 0.6 is 0 Å². The van der Waals surface area contributed by atoms with Crippen molar-refractivity contribution in [1.82, 2.24) is 9.21 Å². The van der Waals surface area contributed by atoms with Gasteiger partial charge in [-0.3, -0.25) is 10.3 Å². The lowest BCUT2D eigenvalue weighted by atomic mass is 10.2. The number of hydrogen-bond acceptors (Lipinski definition) is 8. The highest BCUT2D eigenvalue weighted by Crippen LogP contribution is 2.23. The first-order chi connectivity index (χ1) is 16.3. The zero-order chi connectivity index (χ0) is 26.0. The van der Waals surface area contributed by atoms with Crippen LogP contribution in [0.1, 0.15) is 5.56 Å². The molecular weight excluding hydrogens is 494 g/mol. The highest BCUT2D eigenvalue weighted by atomic mass is 32.2. The zero-order valence-corrected chi connectivity index (χ0v) is 21.3. The third-order valence-electron chi connectivity index (χ3n) is 5.64. The van der Waals surface area contributed by atoms with Gasteiger partial charge in [0.05, 0.1) is 16.3 Å². The van der Waals surface area contributed by atoms with Gasteiger partial charge in [0.15, 0.2) is 9.84 Å². The molecule has 1 heterocycles. The summed E-state index contributed by atoms with van der Waals surface area (Å²) in [5.74, 6) is -0.0575. The Labute approximate surface area is 205 Å². The third kappa shape index (κ3) is 6.36. The molecule has 1 amide bonds. The fourth-order valence-corrected chi connectivity index (χ4v) is 5.35. The molecule has 2 aromatic rings. The molecule has 2 aromatic carbocycles. The molecule has 1 unspecified atom stereocenters. The van der Waals surface area contributed by atoms with Gasteiger partial charge in [0.2, 0.25) is 10.0 Å². The van der Waals surface area contributed by atoms with E-state index in [1.54, 1.807) is 31.3 Å². The van der Waals surface area contributed by atoms with Crippen molar-refractivity contribution in [2.24, 2.45) is 5.73 Å². The number of amidine groups is 1. The predicted molar refractivity (Wildman–Crippen MR) is 132 cm³/mol. The van der Waals surface area contributed by atoms with Crippen molar-refractivity contribution >= 4 is 37.5 Å². The summed E-state index contributed by atoms with van der Waals surface area (Å²) in [4.78, 5) is 15.7. The number of nitrogens with two attached hydrogens (primary N) is 1. The number of nitrogens with zero attached hydrogens (tertiary/aromatic N) is 3. The molecule has 3 rings (SSSR count). The van der Waals surface area contributed by atoms with Crippen molar-refractivity contribution in [3.63, 3.8) is 0 Å². The lowest BCUT2D eigenvalue weighted by molar-refractivity contribution is 0.116. The molecule has 11 nitrogen and oxygen atoms in total. The van der Waals surface area contributed by atoms with E-state index in [0.29, 0.717) is 30.9 Å². The van der Waals surface area contributed by atoms with Gasteiger partial charge in [-0.15, -0.1) is 0 Å². The Kier molecular flexibility index (Phi) is 7.84. The van der Waals surface area contributed by atoms with Gasteiger partial charge in [-0.1, -0.05) is 0 Å². The van der Waals surface area contributed by atoms with E-state index in [-0.39, 0.29) is 22.2 Å². The summed E-state index contributed by atoms with van der Waals surface area (Å²) >= 11 is 0. The number of cyclic esters (lactones) is 1. The van der Waals surface area contributed by atoms with Crippen LogP contribution in [0.5, 0.6) is 0 Å². The highest BCUT2D eigenvalue weighted by molar-refractivity contribution is 7.90. The van der Waals surface area contributed by atoms with Crippen LogP contribution in [-0.4, -0.2) is 90.6 Å². The maximum Gasteiger partial charge on any atom is 0.414 e. The molecule has 190 valence electrons. The Morgan fingerprint density at radius 1 is 1.03 bits per heavy atom. The summed E-state index contributed by atoms with van der Waals surface area (Å²) in [7, 11) is -3.95. The second kappa shape index (κ2) is 10.3. The van der Waals surface area contributed by atoms with Crippen molar-refractivity contribution in [2.45, 2.75) is 15.9 Å².